The van der Waals surface area contributed by atoms with Gasteiger partial charge in [0, 0.05) is 23.0 Å². The Balaban J connectivity index is 1.89. The van der Waals surface area contributed by atoms with Gasteiger partial charge in [0.25, 0.3) is 0 Å². The molecule has 4 rings (SSSR count). The molecular formula is C16H11ClN2O. The predicted octanol–water partition coefficient (Wildman–Crippen LogP) is 3.98. The lowest BCUT2D eigenvalue weighted by atomic mass is 10.0. The summed E-state index contributed by atoms with van der Waals surface area (Å²) >= 11 is 6.35. The lowest BCUT2D eigenvalue weighted by Gasteiger charge is -2.08. The van der Waals surface area contributed by atoms with Crippen molar-refractivity contribution in [1.82, 2.24) is 4.98 Å². The molecule has 98 valence electrons. The molecule has 0 fully saturated rings. The number of hydrogen-bond donors (Lipinski definition) is 2. The lowest BCUT2D eigenvalue weighted by Crippen LogP contribution is -2.03. The van der Waals surface area contributed by atoms with Crippen LogP contribution in [0.2, 0.25) is 5.02 Å². The van der Waals surface area contributed by atoms with Gasteiger partial charge in [-0.2, -0.15) is 0 Å². The summed E-state index contributed by atoms with van der Waals surface area (Å²) in [5.74, 6) is 0.0213. The quantitative estimate of drug-likeness (QED) is 0.696. The number of rotatable bonds is 1. The van der Waals surface area contributed by atoms with Crippen LogP contribution in [0.25, 0.3) is 22.0 Å². The fourth-order valence-electron chi connectivity index (χ4n) is 2.68. The van der Waals surface area contributed by atoms with E-state index in [9.17, 15) is 4.79 Å². The molecular weight excluding hydrogens is 272 g/mol. The maximum absolute atomic E-state index is 11.4. The van der Waals surface area contributed by atoms with Crippen molar-refractivity contribution in [3.05, 3.63) is 53.2 Å². The molecule has 0 spiro atoms. The van der Waals surface area contributed by atoms with E-state index in [4.69, 9.17) is 11.6 Å². The number of anilines is 1. The zero-order valence-electron chi connectivity index (χ0n) is 10.5. The first-order chi connectivity index (χ1) is 9.70. The number of carbonyl (C=O) groups is 1. The highest BCUT2D eigenvalue weighted by atomic mass is 35.5. The number of amides is 1. The van der Waals surface area contributed by atoms with Crippen LogP contribution in [0.5, 0.6) is 0 Å². The normalized spacial score (nSPS) is 13.6. The zero-order valence-corrected chi connectivity index (χ0v) is 11.3. The molecule has 1 aliphatic rings. The molecule has 20 heavy (non-hydrogen) atoms. The van der Waals surface area contributed by atoms with Crippen molar-refractivity contribution in [2.24, 2.45) is 0 Å². The smallest absolute Gasteiger partial charge is 0.228 e. The van der Waals surface area contributed by atoms with E-state index in [1.807, 2.05) is 30.5 Å². The Hall–Kier alpha value is -2.26. The van der Waals surface area contributed by atoms with Crippen LogP contribution in [0.4, 0.5) is 5.69 Å². The van der Waals surface area contributed by atoms with E-state index >= 15 is 0 Å². The molecule has 3 nitrogen and oxygen atoms in total. The average molecular weight is 283 g/mol. The number of aromatic amines is 1. The molecule has 0 unspecified atom stereocenters. The second kappa shape index (κ2) is 4.12. The third-order valence-corrected chi connectivity index (χ3v) is 4.00. The van der Waals surface area contributed by atoms with Gasteiger partial charge >= 0.3 is 0 Å². The second-order valence-corrected chi connectivity index (χ2v) is 5.40. The largest absolute Gasteiger partial charge is 0.361 e. The Bertz CT molecular complexity index is 851. The summed E-state index contributed by atoms with van der Waals surface area (Å²) in [5.41, 5.74) is 4.91. The van der Waals surface area contributed by atoms with Crippen LogP contribution in [0.3, 0.4) is 0 Å². The topological polar surface area (TPSA) is 44.9 Å². The Labute approximate surface area is 120 Å². The minimum atomic E-state index is 0.0213. The first-order valence-electron chi connectivity index (χ1n) is 6.40. The van der Waals surface area contributed by atoms with Crippen molar-refractivity contribution in [2.75, 3.05) is 5.32 Å². The molecule has 4 heteroatoms. The van der Waals surface area contributed by atoms with Gasteiger partial charge in [-0.25, -0.2) is 0 Å². The molecule has 0 aliphatic carbocycles. The van der Waals surface area contributed by atoms with Gasteiger partial charge in [0.15, 0.2) is 0 Å². The summed E-state index contributed by atoms with van der Waals surface area (Å²) in [5, 5.41) is 4.63. The summed E-state index contributed by atoms with van der Waals surface area (Å²) in [6.45, 7) is 0. The summed E-state index contributed by atoms with van der Waals surface area (Å²) in [6.07, 6.45) is 2.34. The first kappa shape index (κ1) is 11.6. The molecule has 3 aromatic rings. The van der Waals surface area contributed by atoms with Crippen LogP contribution in [-0.4, -0.2) is 10.9 Å². The van der Waals surface area contributed by atoms with Gasteiger partial charge in [-0.15, -0.1) is 0 Å². The molecule has 0 radical (unpaired) electrons. The van der Waals surface area contributed by atoms with Gasteiger partial charge in [0.1, 0.15) is 0 Å². The highest BCUT2D eigenvalue weighted by Gasteiger charge is 2.20. The van der Waals surface area contributed by atoms with Crippen molar-refractivity contribution < 1.29 is 4.79 Å². The Morgan fingerprint density at radius 1 is 1.10 bits per heavy atom. The molecule has 1 aliphatic heterocycles. The standard InChI is InChI=1S/C16H11ClN2O/c17-13-8-15-11(7-16(20)19-15)5-12(13)10-2-1-9-3-4-18-14(9)6-10/h1-6,8,18H,7H2,(H,19,20). The minimum Gasteiger partial charge on any atom is -0.361 e. The summed E-state index contributed by atoms with van der Waals surface area (Å²) in [6, 6.07) is 12.1. The Morgan fingerprint density at radius 3 is 2.90 bits per heavy atom. The number of aromatic nitrogens is 1. The van der Waals surface area contributed by atoms with Gasteiger partial charge in [-0.05, 0) is 40.8 Å². The van der Waals surface area contributed by atoms with Crippen LogP contribution in [0.1, 0.15) is 5.56 Å². The summed E-state index contributed by atoms with van der Waals surface area (Å²) < 4.78 is 0. The molecule has 0 saturated heterocycles. The molecule has 2 aromatic carbocycles. The van der Waals surface area contributed by atoms with E-state index in [0.717, 1.165) is 27.9 Å². The Morgan fingerprint density at radius 2 is 2.00 bits per heavy atom. The fourth-order valence-corrected chi connectivity index (χ4v) is 2.96. The predicted molar refractivity (Wildman–Crippen MR) is 81.1 cm³/mol. The van der Waals surface area contributed by atoms with Gasteiger partial charge in [-0.3, -0.25) is 4.79 Å². The minimum absolute atomic E-state index is 0.0213. The number of hydrogen-bond acceptors (Lipinski definition) is 1. The lowest BCUT2D eigenvalue weighted by molar-refractivity contribution is -0.115. The molecule has 0 atom stereocenters. The van der Waals surface area contributed by atoms with Crippen molar-refractivity contribution in [1.29, 1.82) is 0 Å². The van der Waals surface area contributed by atoms with E-state index in [0.29, 0.717) is 11.4 Å². The van der Waals surface area contributed by atoms with Crippen molar-refractivity contribution in [3.63, 3.8) is 0 Å². The number of carbonyl (C=O) groups excluding carboxylic acids is 1. The highest BCUT2D eigenvalue weighted by molar-refractivity contribution is 6.34. The van der Waals surface area contributed by atoms with Gasteiger partial charge in [0.05, 0.1) is 11.4 Å². The van der Waals surface area contributed by atoms with E-state index < -0.39 is 0 Å². The average Bonchev–Trinajstić information content (AvgIpc) is 3.01. The third-order valence-electron chi connectivity index (χ3n) is 3.68. The molecule has 1 amide bonds. The van der Waals surface area contributed by atoms with E-state index in [2.05, 4.69) is 22.4 Å². The van der Waals surface area contributed by atoms with Crippen LogP contribution < -0.4 is 5.32 Å². The number of halogens is 1. The highest BCUT2D eigenvalue weighted by Crippen LogP contribution is 2.36. The molecule has 0 bridgehead atoms. The number of H-pyrrole nitrogens is 1. The monoisotopic (exact) mass is 282 g/mol. The van der Waals surface area contributed by atoms with Crippen molar-refractivity contribution in [2.45, 2.75) is 6.42 Å². The van der Waals surface area contributed by atoms with Crippen molar-refractivity contribution in [3.8, 4) is 11.1 Å². The SMILES string of the molecule is O=C1Cc2cc(-c3ccc4cc[nH]c4c3)c(Cl)cc2N1. The van der Waals surface area contributed by atoms with E-state index in [1.165, 1.54) is 5.39 Å². The van der Waals surface area contributed by atoms with Crippen LogP contribution in [0.15, 0.2) is 42.6 Å². The van der Waals surface area contributed by atoms with Crippen molar-refractivity contribution >= 4 is 34.1 Å². The number of fused-ring (bicyclic) bond motifs is 2. The fraction of sp³-hybridized carbons (Fsp3) is 0.0625. The van der Waals surface area contributed by atoms with Gasteiger partial charge in [0.2, 0.25) is 5.91 Å². The Kier molecular flexibility index (Phi) is 2.38. The zero-order chi connectivity index (χ0) is 13.7. The van der Waals surface area contributed by atoms with Gasteiger partial charge < -0.3 is 10.3 Å². The van der Waals surface area contributed by atoms with Gasteiger partial charge in [-0.1, -0.05) is 23.7 Å². The van der Waals surface area contributed by atoms with Crippen LogP contribution in [-0.2, 0) is 11.2 Å². The van der Waals surface area contributed by atoms with E-state index in [1.54, 1.807) is 0 Å². The molecule has 2 N–H and O–H groups in total. The van der Waals surface area contributed by atoms with E-state index in [-0.39, 0.29) is 5.91 Å². The maximum atomic E-state index is 11.4. The van der Waals surface area contributed by atoms with Crippen LogP contribution >= 0.6 is 11.6 Å². The second-order valence-electron chi connectivity index (χ2n) is 4.99. The summed E-state index contributed by atoms with van der Waals surface area (Å²) in [7, 11) is 0. The molecule has 2 heterocycles. The number of benzene rings is 2. The van der Waals surface area contributed by atoms with Crippen LogP contribution in [0, 0.1) is 0 Å². The molecule has 1 aromatic heterocycles. The summed E-state index contributed by atoms with van der Waals surface area (Å²) in [4.78, 5) is 14.6. The molecule has 0 saturated carbocycles. The first-order valence-corrected chi connectivity index (χ1v) is 6.78. The third kappa shape index (κ3) is 1.71. The maximum Gasteiger partial charge on any atom is 0.228 e. The number of nitrogens with one attached hydrogen (secondary N) is 2.